The second kappa shape index (κ2) is 13.0. The summed E-state index contributed by atoms with van der Waals surface area (Å²) in [4.78, 5) is 16.6. The Morgan fingerprint density at radius 2 is 1.97 bits per heavy atom. The topological polar surface area (TPSA) is 80.7 Å². The van der Waals surface area contributed by atoms with E-state index in [0.717, 1.165) is 11.3 Å². The van der Waals surface area contributed by atoms with Gasteiger partial charge in [0.2, 0.25) is 5.91 Å². The van der Waals surface area contributed by atoms with Crippen LogP contribution in [0.4, 0.5) is 5.69 Å². The molecule has 31 heavy (non-hydrogen) atoms. The van der Waals surface area contributed by atoms with Gasteiger partial charge in [-0.1, -0.05) is 18.7 Å². The van der Waals surface area contributed by atoms with E-state index in [1.54, 1.807) is 31.3 Å². The number of nitrogens with zero attached hydrogens (tertiary/aromatic N) is 2. The summed E-state index contributed by atoms with van der Waals surface area (Å²) < 4.78 is 22.0. The first-order valence-corrected chi connectivity index (χ1v) is 10.4. The summed E-state index contributed by atoms with van der Waals surface area (Å²) in [6.07, 6.45) is 2.92. The zero-order valence-electron chi connectivity index (χ0n) is 18.5. The molecule has 8 nitrogen and oxygen atoms in total. The molecule has 0 saturated heterocycles. The number of amides is 1. The van der Waals surface area contributed by atoms with Gasteiger partial charge in [-0.3, -0.25) is 4.79 Å². The number of hydrogen-bond acceptors (Lipinski definition) is 7. The number of rotatable bonds is 13. The van der Waals surface area contributed by atoms with Gasteiger partial charge in [0.15, 0.2) is 11.5 Å². The molecule has 172 valence electrons. The monoisotopic (exact) mass is 434 g/mol. The van der Waals surface area contributed by atoms with Crippen LogP contribution in [-0.2, 0) is 20.8 Å². The van der Waals surface area contributed by atoms with Crippen LogP contribution in [0.15, 0.2) is 37.4 Å². The Morgan fingerprint density at radius 3 is 2.65 bits per heavy atom. The van der Waals surface area contributed by atoms with Crippen LogP contribution < -0.4 is 14.4 Å². The summed E-state index contributed by atoms with van der Waals surface area (Å²) >= 11 is 0. The van der Waals surface area contributed by atoms with Crippen molar-refractivity contribution in [2.24, 2.45) is 0 Å². The number of carbonyl (C=O) groups is 1. The van der Waals surface area contributed by atoms with Crippen molar-refractivity contribution in [3.05, 3.63) is 43.0 Å². The summed E-state index contributed by atoms with van der Waals surface area (Å²) in [5.74, 6) is 1.16. The fourth-order valence-electron chi connectivity index (χ4n) is 3.48. The van der Waals surface area contributed by atoms with E-state index in [1.807, 2.05) is 17.0 Å². The zero-order chi connectivity index (χ0) is 22.6. The minimum atomic E-state index is -0.716. The highest BCUT2D eigenvalue weighted by molar-refractivity contribution is 5.79. The van der Waals surface area contributed by atoms with Crippen LogP contribution >= 0.6 is 0 Å². The first-order chi connectivity index (χ1) is 15.0. The molecule has 1 atom stereocenters. The van der Waals surface area contributed by atoms with E-state index in [2.05, 4.69) is 13.2 Å². The summed E-state index contributed by atoms with van der Waals surface area (Å²) in [7, 11) is 3.19. The predicted molar refractivity (Wildman–Crippen MR) is 120 cm³/mol. The van der Waals surface area contributed by atoms with Gasteiger partial charge in [0.1, 0.15) is 6.61 Å². The second-order valence-corrected chi connectivity index (χ2v) is 7.18. The van der Waals surface area contributed by atoms with E-state index in [0.29, 0.717) is 63.9 Å². The Kier molecular flexibility index (Phi) is 10.4. The number of fused-ring (bicyclic) bond motifs is 1. The number of β-amino-alcohol motifs (C(OH)–C–C–N with tert-alkyl or cyclic N) is 1. The maximum Gasteiger partial charge on any atom is 0.224 e. The fraction of sp³-hybridized carbons (Fsp3) is 0.522. The predicted octanol–water partition coefficient (Wildman–Crippen LogP) is 2.01. The smallest absolute Gasteiger partial charge is 0.224 e. The zero-order valence-corrected chi connectivity index (χ0v) is 18.5. The lowest BCUT2D eigenvalue weighted by Gasteiger charge is -2.35. The molecule has 1 N–H and O–H groups in total. The number of aliphatic hydroxyl groups excluding tert-OH is 1. The van der Waals surface area contributed by atoms with Gasteiger partial charge >= 0.3 is 0 Å². The minimum Gasteiger partial charge on any atom is -0.493 e. The van der Waals surface area contributed by atoms with Crippen molar-refractivity contribution in [1.29, 1.82) is 0 Å². The molecule has 0 fully saturated rings. The molecule has 8 heteroatoms. The number of anilines is 1. The summed E-state index contributed by atoms with van der Waals surface area (Å²) in [5, 5.41) is 10.5. The van der Waals surface area contributed by atoms with Gasteiger partial charge in [-0.05, 0) is 12.1 Å². The highest BCUT2D eigenvalue weighted by Gasteiger charge is 2.28. The van der Waals surface area contributed by atoms with Crippen molar-refractivity contribution in [3.8, 4) is 11.5 Å². The molecular formula is C23H34N2O6. The van der Waals surface area contributed by atoms with E-state index >= 15 is 0 Å². The number of aliphatic hydroxyl groups is 1. The molecule has 0 radical (unpaired) electrons. The standard InChI is InChI=1S/C23H34N2O6/c1-5-12-30-17-18(26)15-24-10-9-22(27)25(11-14-28-3)16-19-20(24)7-8-21(29-4)23(19)31-13-6-2/h5-8,18,26H,1-2,9-17H2,3-4H3. The van der Waals surface area contributed by atoms with E-state index in [-0.39, 0.29) is 12.5 Å². The molecule has 1 heterocycles. The lowest BCUT2D eigenvalue weighted by molar-refractivity contribution is -0.132. The van der Waals surface area contributed by atoms with E-state index in [1.165, 1.54) is 0 Å². The largest absolute Gasteiger partial charge is 0.493 e. The Bertz CT molecular complexity index is 739. The van der Waals surface area contributed by atoms with Crippen LogP contribution in [0.25, 0.3) is 0 Å². The van der Waals surface area contributed by atoms with Crippen LogP contribution in [-0.4, -0.2) is 82.3 Å². The third-order valence-corrected chi connectivity index (χ3v) is 4.95. The van der Waals surface area contributed by atoms with Gasteiger partial charge in [0.25, 0.3) is 0 Å². The van der Waals surface area contributed by atoms with E-state index < -0.39 is 6.10 Å². The first kappa shape index (κ1) is 24.7. The van der Waals surface area contributed by atoms with Gasteiger partial charge in [-0.25, -0.2) is 0 Å². The third-order valence-electron chi connectivity index (χ3n) is 4.95. The van der Waals surface area contributed by atoms with Crippen molar-refractivity contribution in [3.63, 3.8) is 0 Å². The van der Waals surface area contributed by atoms with Crippen LogP contribution in [0.5, 0.6) is 11.5 Å². The minimum absolute atomic E-state index is 0.0163. The van der Waals surface area contributed by atoms with Gasteiger partial charge in [-0.15, -0.1) is 6.58 Å². The highest BCUT2D eigenvalue weighted by Crippen LogP contribution is 2.40. The molecule has 1 aliphatic heterocycles. The highest BCUT2D eigenvalue weighted by atomic mass is 16.5. The average Bonchev–Trinajstić information content (AvgIpc) is 2.77. The quantitative estimate of drug-likeness (QED) is 0.376. The molecule has 1 aromatic rings. The molecule has 1 aromatic carbocycles. The fourth-order valence-corrected chi connectivity index (χ4v) is 3.48. The first-order valence-electron chi connectivity index (χ1n) is 10.4. The van der Waals surface area contributed by atoms with Gasteiger partial charge in [0, 0.05) is 44.4 Å². The van der Waals surface area contributed by atoms with Gasteiger partial charge in [0.05, 0.1) is 39.6 Å². The molecule has 0 aliphatic carbocycles. The molecule has 0 bridgehead atoms. The lowest BCUT2D eigenvalue weighted by Crippen LogP contribution is -2.42. The Labute approximate surface area is 184 Å². The van der Waals surface area contributed by atoms with Gasteiger partial charge in [-0.2, -0.15) is 0 Å². The summed E-state index contributed by atoms with van der Waals surface area (Å²) in [5.41, 5.74) is 1.71. The molecule has 1 unspecified atom stereocenters. The SMILES string of the molecule is C=CCOCC(O)CN1CCC(=O)N(CCOC)Cc2c1ccc(OC)c2OCC=C. The normalized spacial score (nSPS) is 15.0. The Balaban J connectivity index is 2.42. The number of methoxy groups -OCH3 is 2. The van der Waals surface area contributed by atoms with E-state index in [4.69, 9.17) is 18.9 Å². The maximum atomic E-state index is 12.9. The summed E-state index contributed by atoms with van der Waals surface area (Å²) in [6.45, 7) is 10.2. The second-order valence-electron chi connectivity index (χ2n) is 7.18. The molecule has 0 spiro atoms. The molecule has 1 aliphatic rings. The van der Waals surface area contributed by atoms with E-state index in [9.17, 15) is 9.90 Å². The van der Waals surface area contributed by atoms with Crippen molar-refractivity contribution in [1.82, 2.24) is 4.90 Å². The van der Waals surface area contributed by atoms with Crippen molar-refractivity contribution < 1.29 is 28.8 Å². The molecule has 2 rings (SSSR count). The van der Waals surface area contributed by atoms with Crippen LogP contribution in [0.1, 0.15) is 12.0 Å². The van der Waals surface area contributed by atoms with Crippen LogP contribution in [0, 0.1) is 0 Å². The lowest BCUT2D eigenvalue weighted by atomic mass is 10.1. The van der Waals surface area contributed by atoms with Crippen molar-refractivity contribution >= 4 is 11.6 Å². The Hall–Kier alpha value is -2.55. The molecule has 0 aromatic heterocycles. The number of hydrogen-bond donors (Lipinski definition) is 1. The molecular weight excluding hydrogens is 400 g/mol. The number of carbonyl (C=O) groups excluding carboxylic acids is 1. The van der Waals surface area contributed by atoms with Gasteiger partial charge < -0.3 is 33.9 Å². The molecule has 1 amide bonds. The summed E-state index contributed by atoms with van der Waals surface area (Å²) in [6, 6.07) is 3.78. The number of benzene rings is 1. The van der Waals surface area contributed by atoms with Crippen LogP contribution in [0.3, 0.4) is 0 Å². The maximum absolute atomic E-state index is 12.9. The molecule has 0 saturated carbocycles. The van der Waals surface area contributed by atoms with Crippen molar-refractivity contribution in [2.75, 3.05) is 65.2 Å². The number of ether oxygens (including phenoxy) is 4. The third kappa shape index (κ3) is 6.99. The Morgan fingerprint density at radius 1 is 1.19 bits per heavy atom. The average molecular weight is 435 g/mol. The van der Waals surface area contributed by atoms with Crippen molar-refractivity contribution in [2.45, 2.75) is 19.1 Å². The van der Waals surface area contributed by atoms with Crippen LogP contribution in [0.2, 0.25) is 0 Å².